The van der Waals surface area contributed by atoms with E-state index in [4.69, 9.17) is 66.4 Å². The number of sulfone groups is 2. The Morgan fingerprint density at radius 1 is 0.673 bits per heavy atom. The van der Waals surface area contributed by atoms with Crippen molar-refractivity contribution in [1.82, 2.24) is 10.6 Å². The highest BCUT2D eigenvalue weighted by atomic mass is 35.5. The first kappa shape index (κ1) is 40.5. The van der Waals surface area contributed by atoms with Crippen LogP contribution in [0.1, 0.15) is 51.4 Å². The number of hydrogen-bond donors (Lipinski definition) is 2. The number of amides is 2. The van der Waals surface area contributed by atoms with Gasteiger partial charge in [0.25, 0.3) is 0 Å². The molecule has 12 nitrogen and oxygen atoms in total. The van der Waals surface area contributed by atoms with E-state index in [2.05, 4.69) is 22.8 Å². The van der Waals surface area contributed by atoms with Gasteiger partial charge in [0.1, 0.15) is 11.1 Å². The minimum Gasteiger partial charge on any atom is -0.381 e. The normalized spacial score (nSPS) is 26.9. The fourth-order valence-electron chi connectivity index (χ4n) is 6.70. The van der Waals surface area contributed by atoms with Gasteiger partial charge in [-0.3, -0.25) is 9.59 Å². The molecule has 0 unspecified atom stereocenters. The average Bonchev–Trinajstić information content (AvgIpc) is 3.94. The molecule has 0 heterocycles. The van der Waals surface area contributed by atoms with Gasteiger partial charge in [-0.15, -0.1) is 0 Å². The molecule has 2 aromatic carbocycles. The summed E-state index contributed by atoms with van der Waals surface area (Å²) in [7, 11) is -4.59. The third-order valence-electron chi connectivity index (χ3n) is 10.1. The minimum atomic E-state index is -3.74. The Morgan fingerprint density at radius 3 is 1.29 bits per heavy atom. The lowest BCUT2D eigenvalue weighted by molar-refractivity contribution is -0.129. The SMILES string of the molecule is CO[C@@H]1C[C@H](S(=O)(=O)c2ccc(Cl)cc2Cl)C[C@H]1C(=O)NC1(C#N)CC1.CO[C@H]1C[C@@H](S(=O)(=O)c2ccc(Cl)cc2Cl)C[C@@H]1C(=O)NC1(C#N)CC1. The molecule has 0 aromatic heterocycles. The number of nitrogens with one attached hydrogen (secondary N) is 2. The van der Waals surface area contributed by atoms with E-state index < -0.39 is 65.3 Å². The van der Waals surface area contributed by atoms with Crippen LogP contribution in [0.4, 0.5) is 0 Å². The summed E-state index contributed by atoms with van der Waals surface area (Å²) in [5.41, 5.74) is -1.60. The van der Waals surface area contributed by atoms with Crippen LogP contribution in [0.25, 0.3) is 0 Å². The Balaban J connectivity index is 0.000000201. The molecule has 18 heteroatoms. The van der Waals surface area contributed by atoms with E-state index in [0.717, 1.165) is 0 Å². The summed E-state index contributed by atoms with van der Waals surface area (Å²) in [5, 5.41) is 23.0. The maximum absolute atomic E-state index is 13.0. The number of nitrogens with zero attached hydrogens (tertiary/aromatic N) is 2. The second-order valence-electron chi connectivity index (χ2n) is 13.6. The fourth-order valence-corrected chi connectivity index (χ4v) is 11.9. The number of hydrogen-bond acceptors (Lipinski definition) is 10. The lowest BCUT2D eigenvalue weighted by Gasteiger charge is -2.19. The van der Waals surface area contributed by atoms with E-state index in [0.29, 0.717) is 35.7 Å². The summed E-state index contributed by atoms with van der Waals surface area (Å²) in [4.78, 5) is 25.1. The van der Waals surface area contributed by atoms with Gasteiger partial charge in [0, 0.05) is 24.3 Å². The van der Waals surface area contributed by atoms with Crippen molar-refractivity contribution in [2.24, 2.45) is 11.8 Å². The standard InChI is InChI=1S/2C17H18Cl2N2O4S/c2*1-25-14-8-11(7-12(14)16(22)21-17(9-20)4-5-17)26(23,24)15-3-2-10(18)6-13(15)19/h2*2-3,6,11-12,14H,4-5,7-8H2,1H3,(H,21,22)/t2*11-,12-,14-/m10/s1. The Bertz CT molecular complexity index is 1900. The Morgan fingerprint density at radius 2 is 1.02 bits per heavy atom. The number of rotatable bonds is 10. The van der Waals surface area contributed by atoms with E-state index in [-0.39, 0.29) is 57.3 Å². The van der Waals surface area contributed by atoms with Crippen LogP contribution in [0.15, 0.2) is 46.2 Å². The van der Waals surface area contributed by atoms with E-state index in [1.165, 1.54) is 50.6 Å². The molecule has 0 bridgehead atoms. The quantitative estimate of drug-likeness (QED) is 0.311. The van der Waals surface area contributed by atoms with Gasteiger partial charge >= 0.3 is 0 Å². The summed E-state index contributed by atoms with van der Waals surface area (Å²) in [5.74, 6) is -1.93. The predicted molar refractivity (Wildman–Crippen MR) is 193 cm³/mol. The topological polar surface area (TPSA) is 193 Å². The van der Waals surface area contributed by atoms with Crippen molar-refractivity contribution in [2.75, 3.05) is 14.2 Å². The molecule has 0 saturated heterocycles. The predicted octanol–water partition coefficient (Wildman–Crippen LogP) is 5.47. The maximum Gasteiger partial charge on any atom is 0.227 e. The van der Waals surface area contributed by atoms with Crippen molar-refractivity contribution in [3.63, 3.8) is 0 Å². The molecule has 2 amide bonds. The van der Waals surface area contributed by atoms with Gasteiger partial charge in [0.05, 0.1) is 66.5 Å². The first-order valence-corrected chi connectivity index (χ1v) is 21.0. The van der Waals surface area contributed by atoms with Gasteiger partial charge in [0.15, 0.2) is 19.7 Å². The van der Waals surface area contributed by atoms with Crippen LogP contribution in [-0.2, 0) is 38.7 Å². The lowest BCUT2D eigenvalue weighted by Crippen LogP contribution is -2.42. The molecular weight excluding hydrogens is 798 g/mol. The van der Waals surface area contributed by atoms with Crippen molar-refractivity contribution in [2.45, 2.75) is 94.9 Å². The van der Waals surface area contributed by atoms with Gasteiger partial charge in [-0.25, -0.2) is 16.8 Å². The van der Waals surface area contributed by atoms with Crippen LogP contribution in [-0.4, -0.2) is 76.7 Å². The van der Waals surface area contributed by atoms with Gasteiger partial charge < -0.3 is 20.1 Å². The first-order valence-electron chi connectivity index (χ1n) is 16.3. The van der Waals surface area contributed by atoms with Gasteiger partial charge in [-0.2, -0.15) is 10.5 Å². The smallest absolute Gasteiger partial charge is 0.227 e. The molecule has 4 fully saturated rings. The lowest BCUT2D eigenvalue weighted by atomic mass is 10.0. The van der Waals surface area contributed by atoms with Crippen LogP contribution in [0.5, 0.6) is 0 Å². The van der Waals surface area contributed by atoms with Crippen molar-refractivity contribution in [3.8, 4) is 12.1 Å². The van der Waals surface area contributed by atoms with Gasteiger partial charge in [-0.05, 0) is 87.8 Å². The zero-order valence-corrected chi connectivity index (χ0v) is 32.7. The highest BCUT2D eigenvalue weighted by Crippen LogP contribution is 2.42. The fraction of sp³-hybridized carbons (Fsp3) is 0.529. The number of nitriles is 2. The molecule has 4 saturated carbocycles. The summed E-state index contributed by atoms with van der Waals surface area (Å²) < 4.78 is 62.7. The number of benzene rings is 2. The number of halogens is 4. The molecule has 4 aliphatic carbocycles. The summed E-state index contributed by atoms with van der Waals surface area (Å²) in [6, 6.07) is 12.7. The molecule has 280 valence electrons. The van der Waals surface area contributed by atoms with Crippen LogP contribution in [0.3, 0.4) is 0 Å². The summed E-state index contributed by atoms with van der Waals surface area (Å²) >= 11 is 23.8. The van der Waals surface area contributed by atoms with E-state index in [9.17, 15) is 26.4 Å². The number of methoxy groups -OCH3 is 2. The number of carbonyl (C=O) groups excluding carboxylic acids is 2. The molecule has 2 aromatic rings. The molecule has 52 heavy (non-hydrogen) atoms. The van der Waals surface area contributed by atoms with E-state index in [1.807, 2.05) is 0 Å². The van der Waals surface area contributed by atoms with E-state index >= 15 is 0 Å². The molecule has 0 aliphatic heterocycles. The molecule has 2 N–H and O–H groups in total. The molecule has 0 spiro atoms. The largest absolute Gasteiger partial charge is 0.381 e. The third-order valence-corrected chi connectivity index (χ3v) is 15.9. The second-order valence-corrected chi connectivity index (χ2v) is 19.6. The Hall–Kier alpha value is -2.66. The van der Waals surface area contributed by atoms with Gasteiger partial charge in [-0.1, -0.05) is 46.4 Å². The zero-order chi connectivity index (χ0) is 38.2. The second kappa shape index (κ2) is 15.6. The number of ether oxygens (including phenoxy) is 2. The van der Waals surface area contributed by atoms with Crippen molar-refractivity contribution in [1.29, 1.82) is 10.5 Å². The van der Waals surface area contributed by atoms with Crippen LogP contribution >= 0.6 is 46.4 Å². The Labute approximate surface area is 322 Å². The van der Waals surface area contributed by atoms with Crippen LogP contribution in [0, 0.1) is 34.5 Å². The molecule has 6 rings (SSSR count). The Kier molecular flexibility index (Phi) is 12.2. The first-order chi connectivity index (χ1) is 24.4. The van der Waals surface area contributed by atoms with Crippen molar-refractivity contribution in [3.05, 3.63) is 56.5 Å². The van der Waals surface area contributed by atoms with E-state index in [1.54, 1.807) is 0 Å². The molecular formula is C34H36Cl4N4O8S2. The minimum absolute atomic E-state index is 0.000154. The van der Waals surface area contributed by atoms with Crippen LogP contribution in [0.2, 0.25) is 20.1 Å². The molecule has 6 atom stereocenters. The number of carbonyl (C=O) groups is 2. The van der Waals surface area contributed by atoms with Crippen LogP contribution < -0.4 is 10.6 Å². The molecule has 4 aliphatic rings. The van der Waals surface area contributed by atoms with Gasteiger partial charge in [0.2, 0.25) is 11.8 Å². The average molecular weight is 835 g/mol. The summed E-state index contributed by atoms with van der Waals surface area (Å²) in [6.07, 6.45) is 2.00. The highest BCUT2D eigenvalue weighted by molar-refractivity contribution is 7.92. The monoisotopic (exact) mass is 832 g/mol. The van der Waals surface area contributed by atoms with Crippen molar-refractivity contribution < 1.29 is 35.9 Å². The third kappa shape index (κ3) is 8.50. The zero-order valence-electron chi connectivity index (χ0n) is 28.1. The highest BCUT2D eigenvalue weighted by Gasteiger charge is 2.51. The summed E-state index contributed by atoms with van der Waals surface area (Å²) in [6.45, 7) is 0. The maximum atomic E-state index is 13.0. The molecule has 0 radical (unpaired) electrons. The van der Waals surface area contributed by atoms with Crippen molar-refractivity contribution >= 4 is 77.9 Å².